The molecule has 1 heterocycles. The highest BCUT2D eigenvalue weighted by Crippen LogP contribution is 2.19. The number of rotatable bonds is 8. The second-order valence-electron chi connectivity index (χ2n) is 7.44. The minimum absolute atomic E-state index is 0.0139. The number of methoxy groups -OCH3 is 1. The van der Waals surface area contributed by atoms with Gasteiger partial charge in [0.15, 0.2) is 17.5 Å². The molecule has 0 bridgehead atoms. The molecule has 0 radical (unpaired) electrons. The SMILES string of the molecule is CCCCNC(=NCC(=O)N(C)C)N1CCN(Cc2ccc(OC)c(F)c2)CC1. The Morgan fingerprint density at radius 1 is 1.28 bits per heavy atom. The van der Waals surface area contributed by atoms with Gasteiger partial charge in [0.2, 0.25) is 5.91 Å². The smallest absolute Gasteiger partial charge is 0.243 e. The number of carbonyl (C=O) groups is 1. The maximum absolute atomic E-state index is 13.9. The number of ether oxygens (including phenoxy) is 1. The van der Waals surface area contributed by atoms with E-state index >= 15 is 0 Å². The zero-order valence-corrected chi connectivity index (χ0v) is 18.1. The maximum Gasteiger partial charge on any atom is 0.243 e. The number of likely N-dealkylation sites (N-methyl/N-ethyl adjacent to an activating group) is 1. The lowest BCUT2D eigenvalue weighted by molar-refractivity contribution is -0.127. The quantitative estimate of drug-likeness (QED) is 0.404. The fourth-order valence-electron chi connectivity index (χ4n) is 3.11. The van der Waals surface area contributed by atoms with Gasteiger partial charge in [-0.15, -0.1) is 0 Å². The predicted octanol–water partition coefficient (Wildman–Crippen LogP) is 1.79. The number of amides is 1. The predicted molar refractivity (Wildman–Crippen MR) is 114 cm³/mol. The Morgan fingerprint density at radius 2 is 2.00 bits per heavy atom. The van der Waals surface area contributed by atoms with E-state index in [0.717, 1.165) is 57.1 Å². The van der Waals surface area contributed by atoms with Gasteiger partial charge in [-0.1, -0.05) is 19.4 Å². The number of carbonyl (C=O) groups excluding carboxylic acids is 1. The van der Waals surface area contributed by atoms with Crippen molar-refractivity contribution in [1.82, 2.24) is 20.0 Å². The summed E-state index contributed by atoms with van der Waals surface area (Å²) >= 11 is 0. The molecule has 1 aromatic carbocycles. The standard InChI is InChI=1S/C21H34FN5O2/c1-5-6-9-23-21(24-15-20(28)25(2)3)27-12-10-26(11-13-27)16-17-7-8-19(29-4)18(22)14-17/h7-8,14H,5-6,9-13,15-16H2,1-4H3,(H,23,24). The summed E-state index contributed by atoms with van der Waals surface area (Å²) < 4.78 is 18.9. The summed E-state index contributed by atoms with van der Waals surface area (Å²) in [4.78, 5) is 22.5. The van der Waals surface area contributed by atoms with E-state index in [1.165, 1.54) is 13.2 Å². The molecule has 1 N–H and O–H groups in total. The minimum Gasteiger partial charge on any atom is -0.494 e. The molecule has 0 aliphatic carbocycles. The molecule has 1 saturated heterocycles. The number of hydrogen-bond donors (Lipinski definition) is 1. The number of hydrogen-bond acceptors (Lipinski definition) is 4. The summed E-state index contributed by atoms with van der Waals surface area (Å²) in [5.74, 6) is 0.720. The molecular formula is C21H34FN5O2. The van der Waals surface area contributed by atoms with Gasteiger partial charge in [-0.3, -0.25) is 9.69 Å². The summed E-state index contributed by atoms with van der Waals surface area (Å²) in [6.07, 6.45) is 2.16. The molecule has 0 aromatic heterocycles. The second kappa shape index (κ2) is 11.6. The van der Waals surface area contributed by atoms with Crippen LogP contribution in [0.4, 0.5) is 4.39 Å². The van der Waals surface area contributed by atoms with E-state index in [4.69, 9.17) is 4.74 Å². The molecule has 8 heteroatoms. The molecule has 0 atom stereocenters. The Hall–Kier alpha value is -2.35. The Morgan fingerprint density at radius 3 is 2.59 bits per heavy atom. The van der Waals surface area contributed by atoms with Crippen molar-refractivity contribution in [3.63, 3.8) is 0 Å². The van der Waals surface area contributed by atoms with Gasteiger partial charge in [-0.2, -0.15) is 0 Å². The summed E-state index contributed by atoms with van der Waals surface area (Å²) in [5, 5.41) is 3.39. The van der Waals surface area contributed by atoms with Crippen LogP contribution in [0.5, 0.6) is 5.75 Å². The average molecular weight is 408 g/mol. The Balaban J connectivity index is 1.92. The lowest BCUT2D eigenvalue weighted by atomic mass is 10.2. The largest absolute Gasteiger partial charge is 0.494 e. The van der Waals surface area contributed by atoms with E-state index in [2.05, 4.69) is 27.0 Å². The molecule has 1 amide bonds. The number of piperazine rings is 1. The van der Waals surface area contributed by atoms with Gasteiger partial charge in [0.1, 0.15) is 6.54 Å². The van der Waals surface area contributed by atoms with Gasteiger partial charge in [0, 0.05) is 53.4 Å². The van der Waals surface area contributed by atoms with Gasteiger partial charge >= 0.3 is 0 Å². The Bertz CT molecular complexity index is 688. The van der Waals surface area contributed by atoms with Crippen LogP contribution in [0.25, 0.3) is 0 Å². The van der Waals surface area contributed by atoms with Crippen molar-refractivity contribution in [2.45, 2.75) is 26.3 Å². The number of unbranched alkanes of at least 4 members (excludes halogenated alkanes) is 1. The fraction of sp³-hybridized carbons (Fsp3) is 0.619. The number of aliphatic imine (C=N–C) groups is 1. The Kier molecular flexibility index (Phi) is 9.18. The first-order valence-corrected chi connectivity index (χ1v) is 10.2. The first-order chi connectivity index (χ1) is 13.9. The van der Waals surface area contributed by atoms with Crippen molar-refractivity contribution in [1.29, 1.82) is 0 Å². The highest BCUT2D eigenvalue weighted by Gasteiger charge is 2.20. The zero-order valence-electron chi connectivity index (χ0n) is 18.1. The topological polar surface area (TPSA) is 60.4 Å². The normalized spacial score (nSPS) is 15.3. The van der Waals surface area contributed by atoms with E-state index < -0.39 is 0 Å². The molecule has 0 unspecified atom stereocenters. The summed E-state index contributed by atoms with van der Waals surface area (Å²) in [5.41, 5.74) is 0.934. The molecule has 1 aliphatic rings. The molecule has 0 spiro atoms. The third-order valence-electron chi connectivity index (χ3n) is 4.97. The minimum atomic E-state index is -0.330. The lowest BCUT2D eigenvalue weighted by Crippen LogP contribution is -2.52. The van der Waals surface area contributed by atoms with Crippen LogP contribution < -0.4 is 10.1 Å². The number of benzene rings is 1. The number of guanidine groups is 1. The molecule has 0 saturated carbocycles. The van der Waals surface area contributed by atoms with Gasteiger partial charge in [0.05, 0.1) is 7.11 Å². The van der Waals surface area contributed by atoms with E-state index in [-0.39, 0.29) is 24.0 Å². The van der Waals surface area contributed by atoms with E-state index in [9.17, 15) is 9.18 Å². The molecule has 1 fully saturated rings. The van der Waals surface area contributed by atoms with Gasteiger partial charge in [-0.05, 0) is 24.1 Å². The molecule has 162 valence electrons. The van der Waals surface area contributed by atoms with Crippen LogP contribution in [0.15, 0.2) is 23.2 Å². The molecule has 1 aromatic rings. The third-order valence-corrected chi connectivity index (χ3v) is 4.97. The van der Waals surface area contributed by atoms with Crippen LogP contribution in [0.3, 0.4) is 0 Å². The van der Waals surface area contributed by atoms with Crippen molar-refractivity contribution in [3.05, 3.63) is 29.6 Å². The Labute approximate surface area is 173 Å². The van der Waals surface area contributed by atoms with Crippen LogP contribution >= 0.6 is 0 Å². The van der Waals surface area contributed by atoms with E-state index in [1.54, 1.807) is 25.1 Å². The summed E-state index contributed by atoms with van der Waals surface area (Å²) in [7, 11) is 4.95. The van der Waals surface area contributed by atoms with Crippen molar-refractivity contribution >= 4 is 11.9 Å². The molecular weight excluding hydrogens is 373 g/mol. The van der Waals surface area contributed by atoms with Crippen molar-refractivity contribution in [2.24, 2.45) is 4.99 Å². The van der Waals surface area contributed by atoms with Crippen molar-refractivity contribution < 1.29 is 13.9 Å². The summed E-state index contributed by atoms with van der Waals surface area (Å²) in [6, 6.07) is 5.11. The van der Waals surface area contributed by atoms with Gasteiger partial charge in [-0.25, -0.2) is 9.38 Å². The third kappa shape index (κ3) is 7.20. The maximum atomic E-state index is 13.9. The first-order valence-electron chi connectivity index (χ1n) is 10.2. The second-order valence-corrected chi connectivity index (χ2v) is 7.44. The van der Waals surface area contributed by atoms with Gasteiger partial charge in [0.25, 0.3) is 0 Å². The van der Waals surface area contributed by atoms with Crippen molar-refractivity contribution in [2.75, 3.05) is 60.5 Å². The monoisotopic (exact) mass is 407 g/mol. The first kappa shape index (κ1) is 22.9. The van der Waals surface area contributed by atoms with E-state index in [0.29, 0.717) is 6.54 Å². The van der Waals surface area contributed by atoms with Crippen LogP contribution in [0.2, 0.25) is 0 Å². The lowest BCUT2D eigenvalue weighted by Gasteiger charge is -2.36. The molecule has 7 nitrogen and oxygen atoms in total. The molecule has 2 rings (SSSR count). The van der Waals surface area contributed by atoms with Gasteiger partial charge < -0.3 is 19.9 Å². The van der Waals surface area contributed by atoms with E-state index in [1.807, 2.05) is 6.07 Å². The number of nitrogens with one attached hydrogen (secondary N) is 1. The number of halogens is 1. The van der Waals surface area contributed by atoms with Crippen molar-refractivity contribution in [3.8, 4) is 5.75 Å². The molecule has 29 heavy (non-hydrogen) atoms. The number of nitrogens with zero attached hydrogens (tertiary/aromatic N) is 4. The van der Waals surface area contributed by atoms with Crippen LogP contribution in [0, 0.1) is 5.82 Å². The summed E-state index contributed by atoms with van der Waals surface area (Å²) in [6.45, 7) is 7.16. The van der Waals surface area contributed by atoms with Crippen LogP contribution in [-0.4, -0.2) is 87.0 Å². The van der Waals surface area contributed by atoms with Crippen LogP contribution in [0.1, 0.15) is 25.3 Å². The fourth-order valence-corrected chi connectivity index (χ4v) is 3.11. The van der Waals surface area contributed by atoms with Crippen LogP contribution in [-0.2, 0) is 11.3 Å². The highest BCUT2D eigenvalue weighted by atomic mass is 19.1. The molecule has 1 aliphatic heterocycles. The average Bonchev–Trinajstić information content (AvgIpc) is 2.71. The zero-order chi connectivity index (χ0) is 21.2. The highest BCUT2D eigenvalue weighted by molar-refractivity contribution is 5.84.